The minimum atomic E-state index is -0.535. The molecule has 1 aliphatic rings. The van der Waals surface area contributed by atoms with Gasteiger partial charge in [-0.2, -0.15) is 0 Å². The number of carbonyl (C=O) groups excluding carboxylic acids is 3. The molecule has 0 spiro atoms. The second kappa shape index (κ2) is 6.18. The molecule has 0 saturated heterocycles. The Hall–Kier alpha value is -2.37. The molecule has 0 unspecified atom stereocenters. The third kappa shape index (κ3) is 3.34. The van der Waals surface area contributed by atoms with Gasteiger partial charge < -0.3 is 15.0 Å². The second-order valence-electron chi connectivity index (χ2n) is 4.44. The maximum atomic E-state index is 11.8. The molecule has 0 aromatic heterocycles. The summed E-state index contributed by atoms with van der Waals surface area (Å²) in [6, 6.07) is 7.24. The van der Waals surface area contributed by atoms with Gasteiger partial charge in [0.25, 0.3) is 0 Å². The highest BCUT2D eigenvalue weighted by molar-refractivity contribution is 6.04. The Kier molecular flexibility index (Phi) is 4.34. The normalized spacial score (nSPS) is 13.4. The summed E-state index contributed by atoms with van der Waals surface area (Å²) >= 11 is 0. The molecule has 0 saturated carbocycles. The Balaban J connectivity index is 2.04. The number of ether oxygens (including phenoxy) is 1. The van der Waals surface area contributed by atoms with Gasteiger partial charge in [-0.3, -0.25) is 14.4 Å². The van der Waals surface area contributed by atoms with Gasteiger partial charge in [0.1, 0.15) is 6.42 Å². The van der Waals surface area contributed by atoms with Crippen molar-refractivity contribution in [3.05, 3.63) is 24.3 Å². The number of fused-ring (bicyclic) bond motifs is 1. The van der Waals surface area contributed by atoms with E-state index in [1.165, 1.54) is 0 Å². The first-order chi connectivity index (χ1) is 9.60. The van der Waals surface area contributed by atoms with Gasteiger partial charge in [0.15, 0.2) is 5.78 Å². The lowest BCUT2D eigenvalue weighted by molar-refractivity contribution is -0.145. The summed E-state index contributed by atoms with van der Waals surface area (Å²) in [6.45, 7) is 2.06. The number of benzene rings is 1. The maximum absolute atomic E-state index is 11.8. The topological polar surface area (TPSA) is 75.7 Å². The first kappa shape index (κ1) is 14.0. The third-order valence-corrected chi connectivity index (χ3v) is 2.87. The molecule has 1 heterocycles. The average molecular weight is 276 g/mol. The van der Waals surface area contributed by atoms with E-state index in [-0.39, 0.29) is 37.8 Å². The zero-order chi connectivity index (χ0) is 14.5. The number of para-hydroxylation sites is 2. The largest absolute Gasteiger partial charge is 0.466 e. The van der Waals surface area contributed by atoms with Crippen LogP contribution in [0.1, 0.15) is 13.3 Å². The molecule has 0 fully saturated rings. The van der Waals surface area contributed by atoms with Crippen LogP contribution in [0.5, 0.6) is 0 Å². The molecule has 6 heteroatoms. The number of nitrogens with zero attached hydrogens (tertiary/aromatic N) is 1. The minimum Gasteiger partial charge on any atom is -0.466 e. The first-order valence-electron chi connectivity index (χ1n) is 6.41. The number of carbonyl (C=O) groups is 3. The van der Waals surface area contributed by atoms with Crippen molar-refractivity contribution in [1.29, 1.82) is 0 Å². The number of nitrogens with one attached hydrogen (secondary N) is 1. The molecule has 20 heavy (non-hydrogen) atoms. The van der Waals surface area contributed by atoms with Crippen LogP contribution in [0.25, 0.3) is 0 Å². The van der Waals surface area contributed by atoms with Crippen molar-refractivity contribution in [3.63, 3.8) is 0 Å². The molecule has 1 amide bonds. The van der Waals surface area contributed by atoms with Crippen molar-refractivity contribution >= 4 is 29.0 Å². The SMILES string of the molecule is CCOC(=O)CC(=O)CN1CC(=O)Nc2ccccc21. The zero-order valence-corrected chi connectivity index (χ0v) is 11.2. The number of hydrogen-bond donors (Lipinski definition) is 1. The second-order valence-corrected chi connectivity index (χ2v) is 4.44. The average Bonchev–Trinajstić information content (AvgIpc) is 2.38. The fourth-order valence-corrected chi connectivity index (χ4v) is 2.09. The number of amides is 1. The van der Waals surface area contributed by atoms with E-state index in [1.54, 1.807) is 17.9 Å². The highest BCUT2D eigenvalue weighted by Gasteiger charge is 2.24. The molecule has 0 radical (unpaired) electrons. The van der Waals surface area contributed by atoms with E-state index in [0.717, 1.165) is 5.69 Å². The molecule has 0 bridgehead atoms. The van der Waals surface area contributed by atoms with E-state index >= 15 is 0 Å². The molecule has 0 aliphatic carbocycles. The van der Waals surface area contributed by atoms with Gasteiger partial charge in [0.2, 0.25) is 5.91 Å². The fourth-order valence-electron chi connectivity index (χ4n) is 2.09. The fraction of sp³-hybridized carbons (Fsp3) is 0.357. The van der Waals surface area contributed by atoms with Crippen LogP contribution in [0, 0.1) is 0 Å². The van der Waals surface area contributed by atoms with Crippen molar-refractivity contribution in [2.75, 3.05) is 29.9 Å². The lowest BCUT2D eigenvalue weighted by atomic mass is 10.1. The quantitative estimate of drug-likeness (QED) is 0.640. The number of esters is 1. The number of ketones is 1. The van der Waals surface area contributed by atoms with Gasteiger partial charge in [0, 0.05) is 0 Å². The highest BCUT2D eigenvalue weighted by Crippen LogP contribution is 2.28. The minimum absolute atomic E-state index is 0.0171. The summed E-state index contributed by atoms with van der Waals surface area (Å²) in [5.41, 5.74) is 1.46. The smallest absolute Gasteiger partial charge is 0.313 e. The first-order valence-corrected chi connectivity index (χ1v) is 6.41. The lowest BCUT2D eigenvalue weighted by Gasteiger charge is -2.30. The van der Waals surface area contributed by atoms with Gasteiger partial charge in [-0.25, -0.2) is 0 Å². The van der Waals surface area contributed by atoms with Gasteiger partial charge in [-0.15, -0.1) is 0 Å². The predicted octanol–water partition coefficient (Wildman–Crippen LogP) is 0.967. The van der Waals surface area contributed by atoms with Crippen molar-refractivity contribution in [1.82, 2.24) is 0 Å². The molecule has 6 nitrogen and oxygen atoms in total. The van der Waals surface area contributed by atoms with E-state index in [2.05, 4.69) is 5.32 Å². The third-order valence-electron chi connectivity index (χ3n) is 2.87. The molecule has 0 atom stereocenters. The molecule has 106 valence electrons. The Morgan fingerprint density at radius 3 is 2.85 bits per heavy atom. The number of Topliss-reactive ketones (excluding diaryl/α,β-unsaturated/α-hetero) is 1. The summed E-state index contributed by atoms with van der Waals surface area (Å²) in [6.07, 6.45) is -0.270. The van der Waals surface area contributed by atoms with Crippen LogP contribution < -0.4 is 10.2 Å². The lowest BCUT2D eigenvalue weighted by Crippen LogP contribution is -2.41. The molecule has 1 N–H and O–H groups in total. The molecular weight excluding hydrogens is 260 g/mol. The summed E-state index contributed by atoms with van der Waals surface area (Å²) in [5.74, 6) is -0.979. The van der Waals surface area contributed by atoms with Crippen LogP contribution >= 0.6 is 0 Å². The van der Waals surface area contributed by atoms with Crippen LogP contribution in [0.2, 0.25) is 0 Å². The predicted molar refractivity (Wildman–Crippen MR) is 73.5 cm³/mol. The van der Waals surface area contributed by atoms with E-state index < -0.39 is 5.97 Å². The molecular formula is C14H16N2O4. The maximum Gasteiger partial charge on any atom is 0.313 e. The van der Waals surface area contributed by atoms with Crippen molar-refractivity contribution in [2.24, 2.45) is 0 Å². The van der Waals surface area contributed by atoms with Crippen molar-refractivity contribution in [2.45, 2.75) is 13.3 Å². The summed E-state index contributed by atoms with van der Waals surface area (Å²) < 4.78 is 4.73. The van der Waals surface area contributed by atoms with E-state index in [0.29, 0.717) is 5.69 Å². The highest BCUT2D eigenvalue weighted by atomic mass is 16.5. The summed E-state index contributed by atoms with van der Waals surface area (Å²) in [4.78, 5) is 36.4. The summed E-state index contributed by atoms with van der Waals surface area (Å²) in [7, 11) is 0. The van der Waals surface area contributed by atoms with E-state index in [1.807, 2.05) is 18.2 Å². The number of hydrogen-bond acceptors (Lipinski definition) is 5. The van der Waals surface area contributed by atoms with Crippen molar-refractivity contribution in [3.8, 4) is 0 Å². The van der Waals surface area contributed by atoms with Crippen LogP contribution in [-0.4, -0.2) is 37.4 Å². The van der Waals surface area contributed by atoms with E-state index in [4.69, 9.17) is 4.74 Å². The molecule has 1 aromatic rings. The molecule has 1 aromatic carbocycles. The molecule has 2 rings (SSSR count). The van der Waals surface area contributed by atoms with Gasteiger partial charge in [0.05, 0.1) is 31.1 Å². The van der Waals surface area contributed by atoms with Crippen molar-refractivity contribution < 1.29 is 19.1 Å². The Morgan fingerprint density at radius 1 is 1.35 bits per heavy atom. The Morgan fingerprint density at radius 2 is 2.10 bits per heavy atom. The number of rotatable bonds is 5. The van der Waals surface area contributed by atoms with Crippen LogP contribution in [0.15, 0.2) is 24.3 Å². The van der Waals surface area contributed by atoms with Crippen LogP contribution in [0.3, 0.4) is 0 Å². The molecule has 1 aliphatic heterocycles. The van der Waals surface area contributed by atoms with Crippen LogP contribution in [0.4, 0.5) is 11.4 Å². The van der Waals surface area contributed by atoms with Gasteiger partial charge in [-0.05, 0) is 19.1 Å². The Labute approximate surface area is 116 Å². The van der Waals surface area contributed by atoms with Crippen LogP contribution in [-0.2, 0) is 19.1 Å². The zero-order valence-electron chi connectivity index (χ0n) is 11.2. The van der Waals surface area contributed by atoms with E-state index in [9.17, 15) is 14.4 Å². The van der Waals surface area contributed by atoms with Gasteiger partial charge in [-0.1, -0.05) is 12.1 Å². The summed E-state index contributed by atoms with van der Waals surface area (Å²) in [5, 5.41) is 2.74. The monoisotopic (exact) mass is 276 g/mol. The standard InChI is InChI=1S/C14H16N2O4/c1-2-20-14(19)7-10(17)8-16-9-13(18)15-11-5-3-4-6-12(11)16/h3-6H,2,7-9H2,1H3,(H,15,18). The van der Waals surface area contributed by atoms with Gasteiger partial charge >= 0.3 is 5.97 Å². The Bertz CT molecular complexity index is 542. The number of anilines is 2.